The van der Waals surface area contributed by atoms with E-state index in [1.54, 1.807) is 0 Å². The Balaban J connectivity index is 2.03. The molecule has 1 aliphatic rings. The molecule has 1 unspecified atom stereocenters. The van der Waals surface area contributed by atoms with Crippen LogP contribution in [0.4, 0.5) is 0 Å². The largest absolute Gasteiger partial charge is 0.481 e. The number of carboxylic acids is 1. The molecule has 1 amide bonds. The molecule has 0 saturated carbocycles. The van der Waals surface area contributed by atoms with Gasteiger partial charge in [-0.15, -0.1) is 11.3 Å². The molecular weight excluding hydrogens is 328 g/mol. The van der Waals surface area contributed by atoms with Gasteiger partial charge in [0.2, 0.25) is 0 Å². The van der Waals surface area contributed by atoms with Gasteiger partial charge in [0.15, 0.2) is 0 Å². The highest BCUT2D eigenvalue weighted by atomic mass is 32.1. The van der Waals surface area contributed by atoms with Crippen LogP contribution in [-0.4, -0.2) is 41.7 Å². The van der Waals surface area contributed by atoms with E-state index in [4.69, 9.17) is 4.74 Å². The molecule has 1 fully saturated rings. The predicted octanol–water partition coefficient (Wildman–Crippen LogP) is 2.61. The SMILES string of the molecule is Cc1nc(C(C)(C)C)sc1C(=O)NCC(C(=O)O)C1CCOCC1. The normalized spacial score (nSPS) is 17.5. The number of aromatic nitrogens is 1. The van der Waals surface area contributed by atoms with E-state index in [0.29, 0.717) is 23.8 Å². The summed E-state index contributed by atoms with van der Waals surface area (Å²) in [5, 5.41) is 13.2. The number of rotatable bonds is 5. The van der Waals surface area contributed by atoms with Crippen molar-refractivity contribution in [1.29, 1.82) is 0 Å². The Morgan fingerprint density at radius 2 is 2.00 bits per heavy atom. The molecule has 0 aromatic carbocycles. The zero-order valence-electron chi connectivity index (χ0n) is 14.7. The van der Waals surface area contributed by atoms with Crippen molar-refractivity contribution in [3.05, 3.63) is 15.6 Å². The first-order chi connectivity index (χ1) is 11.2. The van der Waals surface area contributed by atoms with E-state index in [1.165, 1.54) is 11.3 Å². The highest BCUT2D eigenvalue weighted by Gasteiger charge is 2.31. The third-order valence-electron chi connectivity index (χ3n) is 4.28. The van der Waals surface area contributed by atoms with Crippen LogP contribution in [0.5, 0.6) is 0 Å². The number of ether oxygens (including phenoxy) is 1. The quantitative estimate of drug-likeness (QED) is 0.848. The van der Waals surface area contributed by atoms with Gasteiger partial charge >= 0.3 is 5.97 Å². The maximum Gasteiger partial charge on any atom is 0.308 e. The van der Waals surface area contributed by atoms with Gasteiger partial charge in [0.25, 0.3) is 5.91 Å². The summed E-state index contributed by atoms with van der Waals surface area (Å²) in [7, 11) is 0. The third-order valence-corrected chi connectivity index (χ3v) is 5.86. The third kappa shape index (κ3) is 4.54. The number of carbonyl (C=O) groups excluding carboxylic acids is 1. The maximum atomic E-state index is 12.5. The van der Waals surface area contributed by atoms with Gasteiger partial charge in [-0.1, -0.05) is 20.8 Å². The van der Waals surface area contributed by atoms with Crippen molar-refractivity contribution in [2.45, 2.75) is 46.0 Å². The Hall–Kier alpha value is -1.47. The van der Waals surface area contributed by atoms with Gasteiger partial charge in [-0.2, -0.15) is 0 Å². The molecule has 24 heavy (non-hydrogen) atoms. The van der Waals surface area contributed by atoms with E-state index in [2.05, 4.69) is 31.1 Å². The molecule has 2 N–H and O–H groups in total. The minimum Gasteiger partial charge on any atom is -0.481 e. The zero-order chi connectivity index (χ0) is 17.9. The number of thiazole rings is 1. The van der Waals surface area contributed by atoms with E-state index in [9.17, 15) is 14.7 Å². The summed E-state index contributed by atoms with van der Waals surface area (Å²) in [6.45, 7) is 9.29. The highest BCUT2D eigenvalue weighted by Crippen LogP contribution is 2.29. The van der Waals surface area contributed by atoms with E-state index in [0.717, 1.165) is 17.8 Å². The lowest BCUT2D eigenvalue weighted by molar-refractivity contribution is -0.144. The van der Waals surface area contributed by atoms with Crippen LogP contribution >= 0.6 is 11.3 Å². The molecule has 1 atom stereocenters. The first-order valence-electron chi connectivity index (χ1n) is 8.26. The molecule has 0 radical (unpaired) electrons. The summed E-state index contributed by atoms with van der Waals surface area (Å²) in [5.74, 6) is -1.63. The molecule has 0 aliphatic carbocycles. The molecule has 1 saturated heterocycles. The lowest BCUT2D eigenvalue weighted by Crippen LogP contribution is -2.38. The number of aliphatic carboxylic acids is 1. The average Bonchev–Trinajstić information content (AvgIpc) is 2.90. The molecule has 2 heterocycles. The monoisotopic (exact) mass is 354 g/mol. The van der Waals surface area contributed by atoms with Crippen molar-refractivity contribution < 1.29 is 19.4 Å². The lowest BCUT2D eigenvalue weighted by atomic mass is 9.86. The van der Waals surface area contributed by atoms with Crippen molar-refractivity contribution in [2.75, 3.05) is 19.8 Å². The van der Waals surface area contributed by atoms with Gasteiger partial charge in [0, 0.05) is 25.2 Å². The van der Waals surface area contributed by atoms with E-state index in [-0.39, 0.29) is 23.8 Å². The molecule has 1 aromatic rings. The molecule has 1 aliphatic heterocycles. The molecule has 0 bridgehead atoms. The van der Waals surface area contributed by atoms with E-state index < -0.39 is 11.9 Å². The fourth-order valence-corrected chi connectivity index (χ4v) is 3.82. The minimum absolute atomic E-state index is 0.0456. The number of carboxylic acid groups (broad SMARTS) is 1. The fraction of sp³-hybridized carbons (Fsp3) is 0.706. The van der Waals surface area contributed by atoms with Crippen molar-refractivity contribution in [3.63, 3.8) is 0 Å². The van der Waals surface area contributed by atoms with Crippen LogP contribution < -0.4 is 5.32 Å². The smallest absolute Gasteiger partial charge is 0.308 e. The minimum atomic E-state index is -0.862. The van der Waals surface area contributed by atoms with Crippen LogP contribution in [0.25, 0.3) is 0 Å². The number of aryl methyl sites for hydroxylation is 1. The average molecular weight is 354 g/mol. The summed E-state index contributed by atoms with van der Waals surface area (Å²) in [4.78, 5) is 29.1. The summed E-state index contributed by atoms with van der Waals surface area (Å²) in [5.41, 5.74) is 0.583. The molecule has 134 valence electrons. The molecule has 2 rings (SSSR count). The van der Waals surface area contributed by atoms with Crippen LogP contribution in [0.15, 0.2) is 0 Å². The summed E-state index contributed by atoms with van der Waals surface area (Å²) in [6.07, 6.45) is 1.45. The van der Waals surface area contributed by atoms with Crippen molar-refractivity contribution in [3.8, 4) is 0 Å². The van der Waals surface area contributed by atoms with Crippen molar-refractivity contribution in [1.82, 2.24) is 10.3 Å². The van der Waals surface area contributed by atoms with Crippen LogP contribution in [0.2, 0.25) is 0 Å². The van der Waals surface area contributed by atoms with E-state index in [1.807, 2.05) is 6.92 Å². The van der Waals surface area contributed by atoms with Crippen LogP contribution in [-0.2, 0) is 14.9 Å². The second kappa shape index (κ2) is 7.61. The molecule has 0 spiro atoms. The Kier molecular flexibility index (Phi) is 5.98. The van der Waals surface area contributed by atoms with Gasteiger partial charge in [-0.25, -0.2) is 4.98 Å². The highest BCUT2D eigenvalue weighted by molar-refractivity contribution is 7.14. The lowest BCUT2D eigenvalue weighted by Gasteiger charge is -2.27. The van der Waals surface area contributed by atoms with Crippen LogP contribution in [0.1, 0.15) is 54.0 Å². The van der Waals surface area contributed by atoms with Crippen molar-refractivity contribution in [2.24, 2.45) is 11.8 Å². The van der Waals surface area contributed by atoms with Gasteiger partial charge < -0.3 is 15.2 Å². The number of hydrogen-bond acceptors (Lipinski definition) is 5. The van der Waals surface area contributed by atoms with Crippen LogP contribution in [0.3, 0.4) is 0 Å². The Bertz CT molecular complexity index is 600. The Labute approximate surface area is 146 Å². The van der Waals surface area contributed by atoms with Gasteiger partial charge in [0.05, 0.1) is 16.6 Å². The second-order valence-corrected chi connectivity index (χ2v) is 8.29. The number of hydrogen-bond donors (Lipinski definition) is 2. The van der Waals surface area contributed by atoms with Gasteiger partial charge in [-0.3, -0.25) is 9.59 Å². The standard InChI is InChI=1S/C17H26N2O4S/c1-10-13(24-16(19-10)17(2,3)4)14(20)18-9-12(15(21)22)11-5-7-23-8-6-11/h11-12H,5-9H2,1-4H3,(H,18,20)(H,21,22). The number of nitrogens with zero attached hydrogens (tertiary/aromatic N) is 1. The molecule has 6 nitrogen and oxygen atoms in total. The molecule has 7 heteroatoms. The topological polar surface area (TPSA) is 88.5 Å². The number of nitrogens with one attached hydrogen (secondary N) is 1. The predicted molar refractivity (Wildman–Crippen MR) is 92.6 cm³/mol. The summed E-state index contributed by atoms with van der Waals surface area (Å²) >= 11 is 1.38. The Morgan fingerprint density at radius 1 is 1.38 bits per heavy atom. The van der Waals surface area contributed by atoms with Gasteiger partial charge in [0.1, 0.15) is 4.88 Å². The summed E-state index contributed by atoms with van der Waals surface area (Å²) in [6, 6.07) is 0. The number of carbonyl (C=O) groups is 2. The van der Waals surface area contributed by atoms with Crippen LogP contribution in [0, 0.1) is 18.8 Å². The first kappa shape index (κ1) is 18.9. The van der Waals surface area contributed by atoms with E-state index >= 15 is 0 Å². The molecular formula is C17H26N2O4S. The maximum absolute atomic E-state index is 12.5. The summed E-state index contributed by atoms with van der Waals surface area (Å²) < 4.78 is 5.29. The zero-order valence-corrected chi connectivity index (χ0v) is 15.5. The van der Waals surface area contributed by atoms with Crippen molar-refractivity contribution >= 4 is 23.2 Å². The molecule has 1 aromatic heterocycles. The van der Waals surface area contributed by atoms with Gasteiger partial charge in [-0.05, 0) is 25.7 Å². The fourth-order valence-electron chi connectivity index (χ4n) is 2.78. The first-order valence-corrected chi connectivity index (χ1v) is 9.08. The second-order valence-electron chi connectivity index (χ2n) is 7.29. The number of amides is 1. The Morgan fingerprint density at radius 3 is 2.50 bits per heavy atom.